The van der Waals surface area contributed by atoms with Crippen LogP contribution in [0.1, 0.15) is 109 Å². The number of nitrogens with two attached hydrogens (primary N) is 6. The Morgan fingerprint density at radius 3 is 1.04 bits per heavy atom. The lowest BCUT2D eigenvalue weighted by Crippen LogP contribution is -2.38. The summed E-state index contributed by atoms with van der Waals surface area (Å²) in [5.41, 5.74) is 40.6. The summed E-state index contributed by atoms with van der Waals surface area (Å²) in [5.74, 6) is -17.4. The van der Waals surface area contributed by atoms with E-state index in [1.807, 2.05) is 30.3 Å². The highest BCUT2D eigenvalue weighted by Gasteiger charge is 2.41. The zero-order chi connectivity index (χ0) is 104. The molecule has 8 heterocycles. The fourth-order valence-electron chi connectivity index (χ4n) is 18.2. The SMILES string of the molecule is CS(=O)(=O)Nc1ccc2c3c(ccc2c1)OC(c1cc(F)c(F)cc1F)C(N)C3.Cc1cc(=O)oc2c3c(ccc12)O[C@H](c1cc(F)c(F)cc1F)[C@@H](N)C3.NC1Cc2c(O)cccc2OC1c1cc(F)c(F)cc1F.NC1Cc2c(ccc3ccc(=O)oc23)OC1c1cc(F)c(F)cc1F.NC1Cc2c(ccc3ccccc23)OC1c1cc(F)c(F)cc1F.NC1Cc2cc(O)ccc2OC1c1cc(F)c(F)cc1F. The highest BCUT2D eigenvalue weighted by Crippen LogP contribution is 2.48. The third-order valence-electron chi connectivity index (χ3n) is 25.2. The molecule has 756 valence electrons. The Kier molecular flexibility index (Phi) is 29.0. The van der Waals surface area contributed by atoms with Gasteiger partial charge in [-0.1, -0.05) is 48.5 Å². The highest BCUT2D eigenvalue weighted by atomic mass is 32.2. The van der Waals surface area contributed by atoms with Crippen LogP contribution in [-0.2, 0) is 48.5 Å². The number of sulfonamides is 1. The fraction of sp³-hybridized carbons (Fsp3) is 0.189. The Balaban J connectivity index is 0.000000120. The zero-order valence-corrected chi connectivity index (χ0v) is 76.7. The Bertz CT molecular complexity index is 8120. The van der Waals surface area contributed by atoms with Crippen molar-refractivity contribution in [2.45, 2.75) is 118 Å². The van der Waals surface area contributed by atoms with Crippen LogP contribution < -0.4 is 78.8 Å². The van der Waals surface area contributed by atoms with Crippen molar-refractivity contribution in [2.24, 2.45) is 34.4 Å². The number of halogens is 18. The van der Waals surface area contributed by atoms with E-state index in [0.29, 0.717) is 135 Å². The molecule has 15 N–H and O–H groups in total. The second kappa shape index (κ2) is 41.4. The summed E-state index contributed by atoms with van der Waals surface area (Å²) >= 11 is 0. The quantitative estimate of drug-likeness (QED) is 0.0387. The molecule has 146 heavy (non-hydrogen) atoms. The average Bonchev–Trinajstić information content (AvgIpc) is 0.760. The molecule has 0 radical (unpaired) electrons. The largest absolute Gasteiger partial charge is 0.508 e. The Morgan fingerprint density at radius 2 is 0.610 bits per heavy atom. The lowest BCUT2D eigenvalue weighted by molar-refractivity contribution is 0.147. The van der Waals surface area contributed by atoms with Gasteiger partial charge in [-0.3, -0.25) is 4.72 Å². The fourth-order valence-corrected chi connectivity index (χ4v) is 18.8. The number of benzene rings is 14. The summed E-state index contributed by atoms with van der Waals surface area (Å²) in [6.45, 7) is 1.79. The van der Waals surface area contributed by atoms with Gasteiger partial charge in [0.1, 0.15) is 129 Å². The number of rotatable bonds is 8. The average molecular weight is 2050 g/mol. The number of fused-ring (bicyclic) bond motifs is 14. The van der Waals surface area contributed by atoms with Gasteiger partial charge in [-0.2, -0.15) is 0 Å². The van der Waals surface area contributed by atoms with Crippen LogP contribution in [0.15, 0.2) is 237 Å². The predicted molar refractivity (Wildman–Crippen MR) is 500 cm³/mol. The molecular weight excluding hydrogens is 1970 g/mol. The lowest BCUT2D eigenvalue weighted by atomic mass is 9.90. The summed E-state index contributed by atoms with van der Waals surface area (Å²) in [7, 11) is -3.41. The van der Waals surface area contributed by atoms with Gasteiger partial charge in [0.25, 0.3) is 0 Å². The van der Waals surface area contributed by atoms with E-state index < -0.39 is 199 Å². The number of hydrogen-bond acceptors (Lipinski definition) is 20. The number of nitrogens with one attached hydrogen (secondary N) is 1. The van der Waals surface area contributed by atoms with Gasteiger partial charge in [0.05, 0.1) is 42.5 Å². The summed E-state index contributed by atoms with van der Waals surface area (Å²) in [6, 6.07) is 43.6. The van der Waals surface area contributed by atoms with E-state index in [9.17, 15) is 107 Å². The Hall–Kier alpha value is -15.3. The first-order chi connectivity index (χ1) is 69.4. The molecule has 40 heteroatoms. The minimum atomic E-state index is -3.41. The van der Waals surface area contributed by atoms with E-state index in [4.69, 9.17) is 71.7 Å². The molecule has 22 rings (SSSR count). The number of hydrogen-bond donors (Lipinski definition) is 9. The second-order valence-electron chi connectivity index (χ2n) is 35.2. The first kappa shape index (κ1) is 102. The maximum Gasteiger partial charge on any atom is 0.336 e. The summed E-state index contributed by atoms with van der Waals surface area (Å²) in [5, 5.41) is 24.3. The van der Waals surface area contributed by atoms with Crippen LogP contribution in [0, 0.1) is 112 Å². The second-order valence-corrected chi connectivity index (χ2v) is 37.0. The van der Waals surface area contributed by atoms with Gasteiger partial charge in [-0.15, -0.1) is 0 Å². The first-order valence-corrected chi connectivity index (χ1v) is 46.5. The standard InChI is InChI=1S/C20H17F3N2O3S.C19H14F3NO3.C19H14F3NO.C18H12F3NO3.2C15H12F3NO2/c1-29(26,27)25-11-3-4-12-10(6-11)2-5-19-13(12)8-18(24)20(28-19)14-7-16(22)17(23)9-15(14)21;1-8-4-17(24)26-18-9(8)2-3-16-11(18)6-15(23)19(25-16)10-5-13(21)14(22)7-12(10)20;20-14-9-16(22)15(21)7-13(14)19-17(23)8-12-11-4-2-1-3-10(11)5-6-18(12)24-19;19-11-7-13(21)12(20)5-9(11)18-14(22)6-10-15(24-18)3-1-8-2-4-16(23)25-17(8)10;16-10-6-12(18)11(17)5-9(10)15-13(19)4-7-3-8(20)1-2-14(7)21-15;16-9-6-11(18)10(17)4-7(9)15-12(19)5-8-13(20)2-1-3-14(8)21-15/h2-7,9,18,20,25H,8,24H2,1H3;2-5,7,15,19H,6,23H2,1H3;1-7,9,17,19H,8,23H2;1-5,7,14,18H,6,22H2;1-3,5-6,13,15,20H,4,19H2;1-4,6,12,15,20H,5,19H2/t;15-,19+;;;;/m.0..../s1. The molecule has 12 atom stereocenters. The molecule has 6 aliphatic heterocycles. The lowest BCUT2D eigenvalue weighted by Gasteiger charge is -2.32. The summed E-state index contributed by atoms with van der Waals surface area (Å²) < 4.78 is 314. The van der Waals surface area contributed by atoms with Gasteiger partial charge < -0.3 is 81.9 Å². The van der Waals surface area contributed by atoms with Gasteiger partial charge in [-0.25, -0.2) is 97.0 Å². The number of phenols is 2. The van der Waals surface area contributed by atoms with Gasteiger partial charge >= 0.3 is 11.3 Å². The van der Waals surface area contributed by atoms with Gasteiger partial charge in [0.15, 0.2) is 69.8 Å². The number of anilines is 1. The molecule has 2 aromatic heterocycles. The maximum atomic E-state index is 14.2. The van der Waals surface area contributed by atoms with Crippen molar-refractivity contribution in [3.63, 3.8) is 0 Å². The van der Waals surface area contributed by atoms with Crippen LogP contribution >= 0.6 is 0 Å². The monoisotopic (exact) mass is 2050 g/mol. The van der Waals surface area contributed by atoms with Crippen LogP contribution in [0.4, 0.5) is 84.7 Å². The van der Waals surface area contributed by atoms with Crippen LogP contribution in [0.5, 0.6) is 46.0 Å². The molecule has 0 saturated heterocycles. The van der Waals surface area contributed by atoms with Crippen molar-refractivity contribution < 1.29 is 135 Å². The van der Waals surface area contributed by atoms with Crippen molar-refractivity contribution in [1.29, 1.82) is 0 Å². The normalized spacial score (nSPS) is 19.8. The molecule has 21 nitrogen and oxygen atoms in total. The Morgan fingerprint density at radius 1 is 0.288 bits per heavy atom. The van der Waals surface area contributed by atoms with E-state index in [1.165, 1.54) is 36.4 Å². The molecule has 0 fully saturated rings. The summed E-state index contributed by atoms with van der Waals surface area (Å²) in [6.07, 6.45) is -2.84. The zero-order valence-electron chi connectivity index (χ0n) is 75.9. The van der Waals surface area contributed by atoms with Crippen molar-refractivity contribution in [3.8, 4) is 46.0 Å². The number of aromatic hydroxyl groups is 2. The van der Waals surface area contributed by atoms with Gasteiger partial charge in [0.2, 0.25) is 10.0 Å². The van der Waals surface area contributed by atoms with Crippen LogP contribution in [0.3, 0.4) is 0 Å². The van der Waals surface area contributed by atoms with E-state index in [-0.39, 0.29) is 64.1 Å². The van der Waals surface area contributed by atoms with Crippen molar-refractivity contribution >= 4 is 59.2 Å². The van der Waals surface area contributed by atoms with Crippen molar-refractivity contribution in [3.05, 3.63) is 416 Å². The molecule has 0 bridgehead atoms. The Labute approximate surface area is 816 Å². The van der Waals surface area contributed by atoms with E-state index in [1.54, 1.807) is 85.8 Å². The molecule has 10 unspecified atom stereocenters. The third kappa shape index (κ3) is 21.3. The smallest absolute Gasteiger partial charge is 0.336 e. The van der Waals surface area contributed by atoms with E-state index in [2.05, 4.69) is 4.72 Å². The minimum Gasteiger partial charge on any atom is -0.508 e. The molecule has 0 saturated carbocycles. The molecule has 0 aliphatic carbocycles. The van der Waals surface area contributed by atoms with Crippen molar-refractivity contribution in [1.82, 2.24) is 0 Å². The van der Waals surface area contributed by atoms with Crippen LogP contribution in [0.2, 0.25) is 0 Å². The molecular formula is C106H81F18N7O14S. The molecule has 6 aliphatic rings. The minimum absolute atomic E-state index is 0.0344. The van der Waals surface area contributed by atoms with Gasteiger partial charge in [0, 0.05) is 126 Å². The molecule has 16 aromatic rings. The first-order valence-electron chi connectivity index (χ1n) is 44.6. The summed E-state index contributed by atoms with van der Waals surface area (Å²) in [4.78, 5) is 23.2. The topological polar surface area (TPSA) is 359 Å². The van der Waals surface area contributed by atoms with E-state index >= 15 is 0 Å². The number of aryl methyl sites for hydroxylation is 1. The third-order valence-corrected chi connectivity index (χ3v) is 25.8. The number of ether oxygens (including phenoxy) is 6. The van der Waals surface area contributed by atoms with Crippen LogP contribution in [0.25, 0.3) is 43.5 Å². The van der Waals surface area contributed by atoms with E-state index in [0.717, 1.165) is 86.3 Å². The van der Waals surface area contributed by atoms with Gasteiger partial charge in [-0.05, 0) is 199 Å². The molecule has 0 amide bonds. The van der Waals surface area contributed by atoms with Crippen molar-refractivity contribution in [2.75, 3.05) is 11.0 Å². The molecule has 14 aromatic carbocycles. The highest BCUT2D eigenvalue weighted by molar-refractivity contribution is 7.92. The molecule has 0 spiro atoms. The van der Waals surface area contributed by atoms with Crippen LogP contribution in [-0.4, -0.2) is 61.1 Å². The predicted octanol–water partition coefficient (Wildman–Crippen LogP) is 20.3. The maximum absolute atomic E-state index is 14.2. The number of phenolic OH excluding ortho intramolecular Hbond substituents is 2.